The van der Waals surface area contributed by atoms with Crippen molar-refractivity contribution in [3.8, 4) is 23.0 Å². The number of methoxy groups -OCH3 is 1. The predicted molar refractivity (Wildman–Crippen MR) is 193 cm³/mol. The van der Waals surface area contributed by atoms with Gasteiger partial charge in [-0.3, -0.25) is 24.1 Å². The minimum atomic E-state index is -2.75. The molecule has 3 heterocycles. The number of nitrogens with zero attached hydrogens (tertiary/aromatic N) is 3. The summed E-state index contributed by atoms with van der Waals surface area (Å²) in [5, 5.41) is 10.3. The number of amides is 4. The maximum absolute atomic E-state index is 15.3. The summed E-state index contributed by atoms with van der Waals surface area (Å²) in [6.07, 6.45) is 0.816. The number of ether oxygens (including phenoxy) is 1. The Kier molecular flexibility index (Phi) is 8.14. The molecule has 4 aromatic carbocycles. The number of carbonyl (C=O) groups is 4. The van der Waals surface area contributed by atoms with Crippen LogP contribution in [0.4, 0.5) is 33.3 Å². The molecule has 0 radical (unpaired) electrons. The van der Waals surface area contributed by atoms with E-state index in [2.05, 4.69) is 4.98 Å². The minimum Gasteiger partial charge on any atom is -0.508 e. The van der Waals surface area contributed by atoms with Crippen molar-refractivity contribution in [1.82, 2.24) is 4.98 Å². The Balaban J connectivity index is 1.16. The second-order valence-corrected chi connectivity index (χ2v) is 15.4. The lowest BCUT2D eigenvalue weighted by Gasteiger charge is -2.50. The Hall–Kier alpha value is -5.80. The van der Waals surface area contributed by atoms with E-state index in [-0.39, 0.29) is 39.6 Å². The van der Waals surface area contributed by atoms with Crippen molar-refractivity contribution in [1.29, 1.82) is 0 Å². The number of allylic oxidation sites excluding steroid dienone is 2. The molecule has 0 bridgehead atoms. The highest BCUT2D eigenvalue weighted by Gasteiger charge is 2.77. The average Bonchev–Trinajstić information content (AvgIpc) is 3.80. The first kappa shape index (κ1) is 36.8. The molecular weight excluding hydrogens is 800 g/mol. The number of oxazole rings is 1. The van der Waals surface area contributed by atoms with Crippen LogP contribution in [0.2, 0.25) is 0 Å². The maximum Gasteiger partial charge on any atom is 0.258 e. The molecule has 5 aromatic rings. The van der Waals surface area contributed by atoms with E-state index in [9.17, 15) is 37.5 Å². The number of hydrogen-bond donors (Lipinski definition) is 1. The third-order valence-electron chi connectivity index (χ3n) is 11.4. The van der Waals surface area contributed by atoms with Crippen molar-refractivity contribution < 1.29 is 55.4 Å². The number of aromatic nitrogens is 1. The number of anilines is 2. The summed E-state index contributed by atoms with van der Waals surface area (Å²) in [7, 11) is 1.22. The molecule has 57 heavy (non-hydrogen) atoms. The minimum absolute atomic E-state index is 0.0218. The highest BCUT2D eigenvalue weighted by molar-refractivity contribution is 6.58. The number of phenols is 1. The van der Waals surface area contributed by atoms with Gasteiger partial charge in [-0.15, -0.1) is 23.2 Å². The number of hydrogen-bond acceptors (Lipinski definition) is 8. The van der Waals surface area contributed by atoms with Gasteiger partial charge in [0.25, 0.3) is 11.8 Å². The zero-order valence-corrected chi connectivity index (χ0v) is 30.5. The predicted octanol–water partition coefficient (Wildman–Crippen LogP) is 7.67. The largest absolute Gasteiger partial charge is 0.508 e. The van der Waals surface area contributed by atoms with Crippen LogP contribution in [0.3, 0.4) is 0 Å². The molecule has 0 spiro atoms. The molecule has 0 unspecified atom stereocenters. The standard InChI is InChI=1S/C40H24Cl2F5N3O7/c1-56-25-14-18(51)10-11-20(25)27-19-12-13-21-26(36(53)49(35(21)52)17-8-6-16(7-9-17)34-48-23-4-2-3-5-24(23)57-34)22(19)15-39(41)37(54)50(38(55)40(27,39)42)33-31(46)29(44)28(43)30(45)32(33)47/h2-12,14,21-22,26-27,51H,13,15H2,1H3/t21-,22+,26-,27+,39+,40-/m0/s1. The average molecular weight is 825 g/mol. The third kappa shape index (κ3) is 4.84. The summed E-state index contributed by atoms with van der Waals surface area (Å²) >= 11 is 14.4. The van der Waals surface area contributed by atoms with E-state index in [1.807, 2.05) is 0 Å². The first-order valence-electron chi connectivity index (χ1n) is 17.3. The number of halogens is 7. The SMILES string of the molecule is COc1cc(O)ccc1[C@H]1C2=CC[C@@H]3C(=O)N(c4ccc(-c5nc6ccccc6o5)cc4)C(=O)[C@@H]3[C@@H]2C[C@@]2(Cl)C(=O)N(c3c(F)c(F)c(F)c(F)c3F)C(=O)[C@@]12Cl. The second-order valence-electron chi connectivity index (χ2n) is 14.2. The number of benzene rings is 4. The van der Waals surface area contributed by atoms with Crippen LogP contribution in [0.1, 0.15) is 24.3 Å². The molecule has 6 atom stereocenters. The van der Waals surface area contributed by atoms with E-state index < -0.39 is 98.2 Å². The molecular formula is C40H24Cl2F5N3O7. The molecule has 2 aliphatic carbocycles. The number of para-hydroxylation sites is 2. The fourth-order valence-electron chi connectivity index (χ4n) is 8.85. The summed E-state index contributed by atoms with van der Waals surface area (Å²) in [4.78, 5) is 57.3. The summed E-state index contributed by atoms with van der Waals surface area (Å²) < 4.78 is 85.2. The first-order chi connectivity index (χ1) is 27.1. The lowest BCUT2D eigenvalue weighted by atomic mass is 9.56. The summed E-state index contributed by atoms with van der Waals surface area (Å²) in [6, 6.07) is 17.1. The highest BCUT2D eigenvalue weighted by atomic mass is 35.5. The number of carbonyl (C=O) groups excluding carboxylic acids is 4. The number of phenolic OH excluding ortho intramolecular Hbond substituents is 1. The fourth-order valence-corrected chi connectivity index (χ4v) is 9.78. The molecule has 2 saturated heterocycles. The zero-order valence-electron chi connectivity index (χ0n) is 29.0. The normalized spacial score (nSPS) is 26.8. The van der Waals surface area contributed by atoms with Crippen LogP contribution >= 0.6 is 23.2 Å². The van der Waals surface area contributed by atoms with Gasteiger partial charge in [-0.1, -0.05) is 29.8 Å². The molecule has 4 aliphatic rings. The Labute approximate surface area is 328 Å². The molecule has 1 N–H and O–H groups in total. The van der Waals surface area contributed by atoms with Crippen LogP contribution in [0, 0.1) is 46.8 Å². The zero-order chi connectivity index (χ0) is 40.5. The topological polar surface area (TPSA) is 130 Å². The van der Waals surface area contributed by atoms with E-state index in [0.717, 1.165) is 11.0 Å². The Bertz CT molecular complexity index is 2610. The van der Waals surface area contributed by atoms with Crippen LogP contribution in [-0.2, 0) is 19.2 Å². The molecule has 10 nitrogen and oxygen atoms in total. The lowest BCUT2D eigenvalue weighted by molar-refractivity contribution is -0.125. The van der Waals surface area contributed by atoms with Gasteiger partial charge in [-0.2, -0.15) is 0 Å². The second kappa shape index (κ2) is 12.6. The molecule has 1 aromatic heterocycles. The van der Waals surface area contributed by atoms with Crippen molar-refractivity contribution in [3.05, 3.63) is 113 Å². The summed E-state index contributed by atoms with van der Waals surface area (Å²) in [5.41, 5.74) is 0.293. The van der Waals surface area contributed by atoms with Crippen LogP contribution in [-0.4, -0.2) is 50.6 Å². The smallest absolute Gasteiger partial charge is 0.258 e. The lowest BCUT2D eigenvalue weighted by Crippen LogP contribution is -2.60. The van der Waals surface area contributed by atoms with Crippen LogP contribution in [0.5, 0.6) is 11.5 Å². The van der Waals surface area contributed by atoms with Gasteiger partial charge >= 0.3 is 0 Å². The molecule has 1 saturated carbocycles. The van der Waals surface area contributed by atoms with Crippen molar-refractivity contribution in [2.45, 2.75) is 28.5 Å². The van der Waals surface area contributed by atoms with E-state index in [4.69, 9.17) is 32.4 Å². The molecule has 9 rings (SSSR count). The van der Waals surface area contributed by atoms with Gasteiger partial charge in [-0.25, -0.2) is 31.8 Å². The van der Waals surface area contributed by atoms with Gasteiger partial charge in [0, 0.05) is 23.1 Å². The molecule has 2 aliphatic heterocycles. The van der Waals surface area contributed by atoms with E-state index in [1.54, 1.807) is 42.5 Å². The first-order valence-corrected chi connectivity index (χ1v) is 18.1. The molecule has 3 fully saturated rings. The number of alkyl halides is 2. The number of rotatable bonds is 5. The number of imide groups is 2. The van der Waals surface area contributed by atoms with Gasteiger partial charge in [0.05, 0.1) is 24.6 Å². The van der Waals surface area contributed by atoms with Gasteiger partial charge in [0.1, 0.15) is 22.7 Å². The Morgan fingerprint density at radius 2 is 1.49 bits per heavy atom. The van der Waals surface area contributed by atoms with Gasteiger partial charge < -0.3 is 14.3 Å². The molecule has 17 heteroatoms. The van der Waals surface area contributed by atoms with Crippen molar-refractivity contribution in [3.63, 3.8) is 0 Å². The van der Waals surface area contributed by atoms with Crippen molar-refractivity contribution >= 4 is 69.3 Å². The Morgan fingerprint density at radius 3 is 2.16 bits per heavy atom. The van der Waals surface area contributed by atoms with Gasteiger partial charge in [0.15, 0.2) is 38.6 Å². The van der Waals surface area contributed by atoms with Gasteiger partial charge in [0.2, 0.25) is 23.5 Å². The van der Waals surface area contributed by atoms with Gasteiger partial charge in [-0.05, 0) is 61.2 Å². The maximum atomic E-state index is 15.3. The third-order valence-corrected chi connectivity index (χ3v) is 12.8. The summed E-state index contributed by atoms with van der Waals surface area (Å²) in [5.74, 6) is -21.9. The van der Waals surface area contributed by atoms with E-state index >= 15 is 8.78 Å². The monoisotopic (exact) mass is 823 g/mol. The number of fused-ring (bicyclic) bond motifs is 5. The fraction of sp³-hybridized carbons (Fsp3) is 0.225. The van der Waals surface area contributed by atoms with Crippen LogP contribution in [0.25, 0.3) is 22.6 Å². The van der Waals surface area contributed by atoms with Crippen molar-refractivity contribution in [2.24, 2.45) is 17.8 Å². The van der Waals surface area contributed by atoms with Crippen molar-refractivity contribution in [2.75, 3.05) is 16.9 Å². The quantitative estimate of drug-likeness (QED) is 0.0478. The van der Waals surface area contributed by atoms with Crippen LogP contribution < -0.4 is 14.5 Å². The van der Waals surface area contributed by atoms with E-state index in [0.29, 0.717) is 22.6 Å². The molecule has 290 valence electrons. The number of aromatic hydroxyl groups is 1. The van der Waals surface area contributed by atoms with E-state index in [1.165, 1.54) is 31.4 Å². The Morgan fingerprint density at radius 1 is 0.825 bits per heavy atom. The van der Waals surface area contributed by atoms with Crippen LogP contribution in [0.15, 0.2) is 82.8 Å². The highest BCUT2D eigenvalue weighted by Crippen LogP contribution is 2.67. The molecule has 4 amide bonds. The summed E-state index contributed by atoms with van der Waals surface area (Å²) in [6.45, 7) is 0.